The molecular weight excluding hydrogens is 446 g/mol. The number of amides is 2. The van der Waals surface area contributed by atoms with Crippen molar-refractivity contribution in [3.8, 4) is 11.5 Å². The molecule has 0 radical (unpaired) electrons. The van der Waals surface area contributed by atoms with Crippen molar-refractivity contribution in [1.29, 1.82) is 0 Å². The van der Waals surface area contributed by atoms with Crippen LogP contribution in [-0.4, -0.2) is 62.0 Å². The number of hydrogen-bond donors (Lipinski definition) is 1. The van der Waals surface area contributed by atoms with Crippen LogP contribution in [0.5, 0.6) is 11.5 Å². The van der Waals surface area contributed by atoms with Gasteiger partial charge in [-0.3, -0.25) is 19.7 Å². The topological polar surface area (TPSA) is 137 Å². The average Bonchev–Trinajstić information content (AvgIpc) is 2.77. The molecule has 11 nitrogen and oxygen atoms in total. The third kappa shape index (κ3) is 6.08. The molecule has 0 bridgehead atoms. The van der Waals surface area contributed by atoms with Gasteiger partial charge in [0.05, 0.1) is 42.5 Å². The van der Waals surface area contributed by atoms with Gasteiger partial charge in [0.15, 0.2) is 18.1 Å². The second-order valence-corrected chi connectivity index (χ2v) is 6.74. The molecule has 2 aromatic carbocycles. The summed E-state index contributed by atoms with van der Waals surface area (Å²) in [4.78, 5) is 48.3. The van der Waals surface area contributed by atoms with Crippen LogP contribution < -0.4 is 14.8 Å². The van der Waals surface area contributed by atoms with Crippen molar-refractivity contribution >= 4 is 40.8 Å². The highest BCUT2D eigenvalue weighted by Gasteiger charge is 2.26. The molecule has 0 aliphatic heterocycles. The molecule has 0 fully saturated rings. The zero-order valence-corrected chi connectivity index (χ0v) is 18.2. The zero-order valence-electron chi connectivity index (χ0n) is 17.4. The number of nitrogens with one attached hydrogen (secondary N) is 1. The quantitative estimate of drug-likeness (QED) is 0.339. The molecule has 0 aromatic heterocycles. The first kappa shape index (κ1) is 24.4. The number of anilines is 1. The predicted molar refractivity (Wildman–Crippen MR) is 114 cm³/mol. The number of carbonyl (C=O) groups is 3. The minimum absolute atomic E-state index is 0.0519. The normalized spacial score (nSPS) is 10.1. The number of benzene rings is 2. The average molecular weight is 466 g/mol. The molecule has 0 spiro atoms. The molecule has 0 heterocycles. The van der Waals surface area contributed by atoms with E-state index in [9.17, 15) is 24.5 Å². The van der Waals surface area contributed by atoms with Gasteiger partial charge in [0, 0.05) is 13.1 Å². The number of para-hydroxylation sites is 1. The fraction of sp³-hybridized carbons (Fsp3) is 0.250. The Labute approximate surface area is 187 Å². The Morgan fingerprint density at radius 2 is 1.75 bits per heavy atom. The van der Waals surface area contributed by atoms with E-state index < -0.39 is 40.6 Å². The van der Waals surface area contributed by atoms with Gasteiger partial charge >= 0.3 is 5.97 Å². The van der Waals surface area contributed by atoms with Crippen molar-refractivity contribution in [1.82, 2.24) is 4.90 Å². The summed E-state index contributed by atoms with van der Waals surface area (Å²) in [5.41, 5.74) is -0.612. The van der Waals surface area contributed by atoms with Gasteiger partial charge in [0.1, 0.15) is 5.56 Å². The highest BCUT2D eigenvalue weighted by atomic mass is 35.5. The summed E-state index contributed by atoms with van der Waals surface area (Å²) in [6, 6.07) is 8.68. The number of halogens is 1. The maximum absolute atomic E-state index is 12.4. The summed E-state index contributed by atoms with van der Waals surface area (Å²) in [7, 11) is 3.92. The summed E-state index contributed by atoms with van der Waals surface area (Å²) >= 11 is 5.97. The van der Waals surface area contributed by atoms with Crippen molar-refractivity contribution in [2.75, 3.05) is 39.7 Å². The Morgan fingerprint density at radius 1 is 1.12 bits per heavy atom. The molecule has 32 heavy (non-hydrogen) atoms. The van der Waals surface area contributed by atoms with Crippen molar-refractivity contribution in [3.63, 3.8) is 0 Å². The molecular formula is C20H20ClN3O8. The molecule has 1 N–H and O–H groups in total. The number of nitro groups is 1. The van der Waals surface area contributed by atoms with Gasteiger partial charge in [-0.25, -0.2) is 4.79 Å². The third-order valence-corrected chi connectivity index (χ3v) is 4.53. The van der Waals surface area contributed by atoms with E-state index in [-0.39, 0.29) is 18.0 Å². The molecule has 170 valence electrons. The monoisotopic (exact) mass is 465 g/mol. The van der Waals surface area contributed by atoms with E-state index in [4.69, 9.17) is 25.8 Å². The lowest BCUT2D eigenvalue weighted by Crippen LogP contribution is -2.37. The van der Waals surface area contributed by atoms with Crippen molar-refractivity contribution in [2.45, 2.75) is 0 Å². The van der Waals surface area contributed by atoms with Crippen LogP contribution >= 0.6 is 11.6 Å². The zero-order chi connectivity index (χ0) is 23.8. The molecule has 0 unspecified atom stereocenters. The van der Waals surface area contributed by atoms with Crippen LogP contribution in [0.3, 0.4) is 0 Å². The second-order valence-electron chi connectivity index (χ2n) is 6.34. The number of nitrogens with zero attached hydrogens (tertiary/aromatic N) is 2. The maximum atomic E-state index is 12.4. The van der Waals surface area contributed by atoms with E-state index in [1.54, 1.807) is 24.3 Å². The Kier molecular flexibility index (Phi) is 8.36. The number of nitro benzene ring substituents is 1. The van der Waals surface area contributed by atoms with Crippen LogP contribution in [0.1, 0.15) is 10.4 Å². The van der Waals surface area contributed by atoms with E-state index in [0.717, 1.165) is 17.0 Å². The first-order valence-corrected chi connectivity index (χ1v) is 9.41. The molecule has 2 rings (SSSR count). The Morgan fingerprint density at radius 3 is 2.34 bits per heavy atom. The van der Waals surface area contributed by atoms with Crippen LogP contribution in [0.25, 0.3) is 0 Å². The molecule has 0 saturated carbocycles. The molecule has 12 heteroatoms. The summed E-state index contributed by atoms with van der Waals surface area (Å²) in [5.74, 6) is -2.20. The van der Waals surface area contributed by atoms with Crippen molar-refractivity contribution in [2.24, 2.45) is 0 Å². The van der Waals surface area contributed by atoms with Gasteiger partial charge < -0.3 is 24.4 Å². The van der Waals surface area contributed by atoms with Crippen molar-refractivity contribution in [3.05, 3.63) is 57.1 Å². The van der Waals surface area contributed by atoms with Gasteiger partial charge in [-0.05, 0) is 12.1 Å². The SMILES string of the molecule is COc1cc(C(=O)OCC(=O)N(C)CC(=O)Nc2ccccc2Cl)c([N+](=O)[O-])cc1OC. The van der Waals surface area contributed by atoms with Crippen LogP contribution in [0.2, 0.25) is 5.02 Å². The number of rotatable bonds is 9. The molecule has 0 atom stereocenters. The van der Waals surface area contributed by atoms with Gasteiger partial charge in [0.2, 0.25) is 5.91 Å². The molecule has 2 aromatic rings. The standard InChI is InChI=1S/C20H20ClN3O8/c1-23(10-18(25)22-14-7-5-4-6-13(14)21)19(26)11-32-20(27)12-8-16(30-2)17(31-3)9-15(12)24(28)29/h4-9H,10-11H2,1-3H3,(H,22,25). The Balaban J connectivity index is 2.01. The number of carbonyl (C=O) groups excluding carboxylic acids is 3. The lowest BCUT2D eigenvalue weighted by Gasteiger charge is -2.17. The lowest BCUT2D eigenvalue weighted by atomic mass is 10.1. The predicted octanol–water partition coefficient (Wildman–Crippen LogP) is 2.52. The summed E-state index contributed by atoms with van der Waals surface area (Å²) in [6.07, 6.45) is 0. The van der Waals surface area contributed by atoms with E-state index >= 15 is 0 Å². The maximum Gasteiger partial charge on any atom is 0.345 e. The molecule has 0 saturated heterocycles. The van der Waals surface area contributed by atoms with Gasteiger partial charge in [-0.2, -0.15) is 0 Å². The first-order chi connectivity index (χ1) is 15.2. The van der Waals surface area contributed by atoms with E-state index in [1.807, 2.05) is 0 Å². The second kappa shape index (κ2) is 11.0. The Bertz CT molecular complexity index is 1040. The van der Waals surface area contributed by atoms with Crippen LogP contribution in [0, 0.1) is 10.1 Å². The number of esters is 1. The molecule has 2 amide bonds. The highest BCUT2D eigenvalue weighted by molar-refractivity contribution is 6.33. The van der Waals surface area contributed by atoms with E-state index in [0.29, 0.717) is 10.7 Å². The van der Waals surface area contributed by atoms with Gasteiger partial charge in [0.25, 0.3) is 11.6 Å². The van der Waals surface area contributed by atoms with Crippen LogP contribution in [0.4, 0.5) is 11.4 Å². The third-order valence-electron chi connectivity index (χ3n) is 4.20. The summed E-state index contributed by atoms with van der Waals surface area (Å²) in [6.45, 7) is -1.07. The minimum atomic E-state index is -1.11. The summed E-state index contributed by atoms with van der Waals surface area (Å²) < 4.78 is 14.9. The largest absolute Gasteiger partial charge is 0.493 e. The van der Waals surface area contributed by atoms with Gasteiger partial charge in [-0.15, -0.1) is 0 Å². The molecule has 0 aliphatic rings. The number of hydrogen-bond acceptors (Lipinski definition) is 8. The molecule has 0 aliphatic carbocycles. The van der Waals surface area contributed by atoms with Crippen LogP contribution in [0.15, 0.2) is 36.4 Å². The lowest BCUT2D eigenvalue weighted by molar-refractivity contribution is -0.385. The fourth-order valence-corrected chi connectivity index (χ4v) is 2.74. The highest BCUT2D eigenvalue weighted by Crippen LogP contribution is 2.34. The first-order valence-electron chi connectivity index (χ1n) is 9.03. The number of likely N-dealkylation sites (N-methyl/N-ethyl adjacent to an activating group) is 1. The van der Waals surface area contributed by atoms with Crippen LogP contribution in [-0.2, 0) is 14.3 Å². The van der Waals surface area contributed by atoms with E-state index in [2.05, 4.69) is 5.32 Å². The minimum Gasteiger partial charge on any atom is -0.493 e. The smallest absolute Gasteiger partial charge is 0.345 e. The summed E-state index contributed by atoms with van der Waals surface area (Å²) in [5, 5.41) is 14.2. The number of methoxy groups -OCH3 is 2. The number of ether oxygens (including phenoxy) is 3. The fourth-order valence-electron chi connectivity index (χ4n) is 2.55. The Hall–Kier alpha value is -3.86. The van der Waals surface area contributed by atoms with Crippen molar-refractivity contribution < 1.29 is 33.5 Å². The van der Waals surface area contributed by atoms with Gasteiger partial charge in [-0.1, -0.05) is 23.7 Å². The van der Waals surface area contributed by atoms with E-state index in [1.165, 1.54) is 21.3 Å².